The SMILES string of the molecule is Oc1cccc2c1[nH]c1c(C3=C[C@@]4(O)CC/C=C\CCCCN5CC[C@@H]3[C@]3(CC6C=CCCCCN6[C@H]34)C5)nccc12. The summed E-state index contributed by atoms with van der Waals surface area (Å²) < 4.78 is 0. The van der Waals surface area contributed by atoms with Gasteiger partial charge in [0.2, 0.25) is 0 Å². The Morgan fingerprint density at radius 1 is 0.905 bits per heavy atom. The van der Waals surface area contributed by atoms with Gasteiger partial charge in [-0.25, -0.2) is 0 Å². The van der Waals surface area contributed by atoms with Crippen LogP contribution in [0.25, 0.3) is 27.4 Å². The summed E-state index contributed by atoms with van der Waals surface area (Å²) in [6.07, 6.45) is 24.7. The molecule has 8 rings (SSSR count). The smallest absolute Gasteiger partial charge is 0.139 e. The molecule has 1 aromatic carbocycles. The van der Waals surface area contributed by atoms with Crippen molar-refractivity contribution >= 4 is 27.4 Å². The molecule has 1 aliphatic carbocycles. The molecule has 2 saturated heterocycles. The van der Waals surface area contributed by atoms with Crippen LogP contribution in [0.4, 0.5) is 0 Å². The Kier molecular flexibility index (Phi) is 6.58. The summed E-state index contributed by atoms with van der Waals surface area (Å²) in [5.74, 6) is 0.581. The molecule has 6 atom stereocenters. The van der Waals surface area contributed by atoms with E-state index < -0.39 is 5.60 Å². The molecule has 42 heavy (non-hydrogen) atoms. The van der Waals surface area contributed by atoms with Crippen LogP contribution >= 0.6 is 0 Å². The molecule has 2 unspecified atom stereocenters. The van der Waals surface area contributed by atoms with Gasteiger partial charge in [0.1, 0.15) is 5.75 Å². The molecule has 3 aromatic rings. The number of aromatic amines is 1. The van der Waals surface area contributed by atoms with E-state index in [9.17, 15) is 10.2 Å². The van der Waals surface area contributed by atoms with Crippen LogP contribution in [-0.2, 0) is 0 Å². The number of aromatic nitrogens is 2. The minimum atomic E-state index is -0.951. The number of piperidine rings is 1. The number of nitrogens with one attached hydrogen (secondary N) is 1. The van der Waals surface area contributed by atoms with Crippen LogP contribution in [0, 0.1) is 11.3 Å². The highest BCUT2D eigenvalue weighted by atomic mass is 16.3. The second kappa shape index (κ2) is 10.4. The third-order valence-corrected chi connectivity index (χ3v) is 11.3. The van der Waals surface area contributed by atoms with Crippen molar-refractivity contribution in [3.63, 3.8) is 0 Å². The van der Waals surface area contributed by atoms with E-state index in [-0.39, 0.29) is 17.2 Å². The molecule has 2 aromatic heterocycles. The predicted molar refractivity (Wildman–Crippen MR) is 169 cm³/mol. The van der Waals surface area contributed by atoms with Crippen molar-refractivity contribution in [2.45, 2.75) is 81.9 Å². The fourth-order valence-electron chi connectivity index (χ4n) is 9.64. The molecule has 2 fully saturated rings. The zero-order valence-corrected chi connectivity index (χ0v) is 24.6. The van der Waals surface area contributed by atoms with E-state index in [1.165, 1.54) is 31.3 Å². The summed E-state index contributed by atoms with van der Waals surface area (Å²) in [7, 11) is 0. The molecular weight excluding hydrogens is 520 g/mol. The number of para-hydroxylation sites is 1. The van der Waals surface area contributed by atoms with Crippen LogP contribution in [0.3, 0.4) is 0 Å². The van der Waals surface area contributed by atoms with Crippen LogP contribution in [0.1, 0.15) is 69.9 Å². The first kappa shape index (κ1) is 26.7. The van der Waals surface area contributed by atoms with Crippen LogP contribution in [-0.4, -0.2) is 73.8 Å². The van der Waals surface area contributed by atoms with Gasteiger partial charge >= 0.3 is 0 Å². The number of aliphatic hydroxyl groups is 1. The lowest BCUT2D eigenvalue weighted by molar-refractivity contribution is -0.0894. The van der Waals surface area contributed by atoms with Crippen molar-refractivity contribution in [2.24, 2.45) is 11.3 Å². The lowest BCUT2D eigenvalue weighted by Crippen LogP contribution is -2.65. The van der Waals surface area contributed by atoms with E-state index >= 15 is 0 Å². The minimum Gasteiger partial charge on any atom is -0.506 e. The maximum atomic E-state index is 13.1. The molecular formula is C36H44N4O2. The topological polar surface area (TPSA) is 75.6 Å². The van der Waals surface area contributed by atoms with E-state index in [0.29, 0.717) is 12.0 Å². The Labute approximate surface area is 248 Å². The van der Waals surface area contributed by atoms with Gasteiger partial charge in [-0.3, -0.25) is 9.88 Å². The second-order valence-corrected chi connectivity index (χ2v) is 13.7. The zero-order chi connectivity index (χ0) is 28.3. The number of hydrogen-bond acceptors (Lipinski definition) is 5. The zero-order valence-electron chi connectivity index (χ0n) is 24.6. The van der Waals surface area contributed by atoms with E-state index in [0.717, 1.165) is 92.2 Å². The number of allylic oxidation sites excluding steroid dienone is 4. The summed E-state index contributed by atoms with van der Waals surface area (Å²) in [5.41, 5.74) is 2.89. The predicted octanol–water partition coefficient (Wildman–Crippen LogP) is 6.56. The van der Waals surface area contributed by atoms with Gasteiger partial charge in [0.15, 0.2) is 0 Å². The van der Waals surface area contributed by atoms with Crippen molar-refractivity contribution in [1.82, 2.24) is 19.8 Å². The lowest BCUT2D eigenvalue weighted by Gasteiger charge is -2.58. The number of phenols is 1. The molecule has 220 valence electrons. The quantitative estimate of drug-likeness (QED) is 0.292. The first-order valence-electron chi connectivity index (χ1n) is 16.4. The Morgan fingerprint density at radius 3 is 2.67 bits per heavy atom. The Morgan fingerprint density at radius 2 is 1.74 bits per heavy atom. The third-order valence-electron chi connectivity index (χ3n) is 11.3. The summed E-state index contributed by atoms with van der Waals surface area (Å²) in [5, 5.41) is 25.9. The minimum absolute atomic E-state index is 0.0494. The molecule has 0 saturated carbocycles. The molecule has 0 radical (unpaired) electrons. The van der Waals surface area contributed by atoms with E-state index in [1.807, 2.05) is 12.3 Å². The van der Waals surface area contributed by atoms with E-state index in [2.05, 4.69) is 57.3 Å². The number of pyridine rings is 1. The van der Waals surface area contributed by atoms with Crippen LogP contribution in [0.5, 0.6) is 5.75 Å². The number of nitrogens with zero attached hydrogens (tertiary/aromatic N) is 3. The van der Waals surface area contributed by atoms with Crippen molar-refractivity contribution in [1.29, 1.82) is 0 Å². The van der Waals surface area contributed by atoms with Crippen molar-refractivity contribution in [3.8, 4) is 5.75 Å². The number of rotatable bonds is 1. The van der Waals surface area contributed by atoms with Gasteiger partial charge < -0.3 is 20.1 Å². The summed E-state index contributed by atoms with van der Waals surface area (Å²) >= 11 is 0. The number of aromatic hydroxyl groups is 1. The highest BCUT2D eigenvalue weighted by molar-refractivity contribution is 6.11. The average Bonchev–Trinajstić information content (AvgIpc) is 3.50. The first-order valence-corrected chi connectivity index (χ1v) is 16.4. The van der Waals surface area contributed by atoms with Gasteiger partial charge in [0.05, 0.1) is 28.4 Å². The summed E-state index contributed by atoms with van der Waals surface area (Å²) in [6, 6.07) is 8.24. The molecule has 1 spiro atoms. The summed E-state index contributed by atoms with van der Waals surface area (Å²) in [6.45, 7) is 4.33. The summed E-state index contributed by atoms with van der Waals surface area (Å²) in [4.78, 5) is 14.1. The molecule has 6 nitrogen and oxygen atoms in total. The highest BCUT2D eigenvalue weighted by Crippen LogP contribution is 2.61. The maximum absolute atomic E-state index is 13.1. The molecule has 6 heterocycles. The molecule has 4 aliphatic heterocycles. The number of hydrogen-bond donors (Lipinski definition) is 3. The molecule has 3 N–H and O–H groups in total. The molecule has 0 amide bonds. The Balaban J connectivity index is 1.35. The van der Waals surface area contributed by atoms with Crippen LogP contribution in [0.2, 0.25) is 0 Å². The second-order valence-electron chi connectivity index (χ2n) is 13.7. The van der Waals surface area contributed by atoms with Crippen LogP contribution < -0.4 is 0 Å². The van der Waals surface area contributed by atoms with Gasteiger partial charge in [-0.1, -0.05) is 36.4 Å². The Bertz CT molecular complexity index is 1590. The number of phenolic OH excluding ortho intramolecular Hbond substituents is 1. The molecule has 3 bridgehead atoms. The molecule has 5 aliphatic rings. The average molecular weight is 565 g/mol. The molecule has 6 heteroatoms. The third kappa shape index (κ3) is 4.13. The van der Waals surface area contributed by atoms with Gasteiger partial charge in [0, 0.05) is 35.0 Å². The monoisotopic (exact) mass is 564 g/mol. The fourth-order valence-corrected chi connectivity index (χ4v) is 9.64. The number of fused-ring (bicyclic) bond motifs is 5. The van der Waals surface area contributed by atoms with Gasteiger partial charge in [-0.15, -0.1) is 0 Å². The van der Waals surface area contributed by atoms with Crippen LogP contribution in [0.15, 0.2) is 60.8 Å². The normalized spacial score (nSPS) is 36.3. The van der Waals surface area contributed by atoms with Gasteiger partial charge in [-0.05, 0) is 114 Å². The maximum Gasteiger partial charge on any atom is 0.139 e. The van der Waals surface area contributed by atoms with Crippen molar-refractivity contribution in [3.05, 3.63) is 66.5 Å². The number of benzene rings is 1. The lowest BCUT2D eigenvalue weighted by atomic mass is 9.54. The van der Waals surface area contributed by atoms with Gasteiger partial charge in [0.25, 0.3) is 0 Å². The Hall–Kier alpha value is -2.93. The number of H-pyrrole nitrogens is 1. The standard InChI is InChI=1S/C36H44N4O2/c41-30-14-11-13-26-27-15-18-37-32(33(27)38-31(26)30)28-23-36(42)17-8-4-1-2-5-9-19-39-21-16-29(28)35(24-39)22-25-12-7-3-6-10-20-40(25)34(35)36/h1,4,7,11-15,18,23,25,29,34,38,41-42H,2-3,5-6,8-10,16-17,19-22,24H2/b4-1-,12-7?/t25?,29-,34+,35-,36-/m0/s1. The highest BCUT2D eigenvalue weighted by Gasteiger charge is 2.65. The first-order chi connectivity index (χ1) is 20.6. The van der Waals surface area contributed by atoms with E-state index in [4.69, 9.17) is 4.98 Å². The van der Waals surface area contributed by atoms with Crippen molar-refractivity contribution in [2.75, 3.05) is 26.2 Å². The van der Waals surface area contributed by atoms with E-state index in [1.54, 1.807) is 6.07 Å². The largest absolute Gasteiger partial charge is 0.506 e. The van der Waals surface area contributed by atoms with Crippen molar-refractivity contribution < 1.29 is 10.2 Å². The fraction of sp³-hybridized carbons (Fsp3) is 0.528. The van der Waals surface area contributed by atoms with Gasteiger partial charge in [-0.2, -0.15) is 0 Å².